The summed E-state index contributed by atoms with van der Waals surface area (Å²) in [6.07, 6.45) is 0.870. The topological polar surface area (TPSA) is 76.1 Å². The Morgan fingerprint density at radius 2 is 1.75 bits per heavy atom. The average Bonchev–Trinajstić information content (AvgIpc) is 2.75. The predicted octanol–water partition coefficient (Wildman–Crippen LogP) is 2.94. The number of rotatable bonds is 8. The molecule has 0 radical (unpaired) electrons. The van der Waals surface area contributed by atoms with Crippen molar-refractivity contribution in [1.82, 2.24) is 0 Å². The monoisotopic (exact) mass is 529 g/mol. The number of carboxylic acid groups (broad SMARTS) is 1. The van der Waals surface area contributed by atoms with Crippen molar-refractivity contribution in [2.45, 2.75) is 27.2 Å². The number of aromatic carboxylic acids is 1. The van der Waals surface area contributed by atoms with E-state index in [2.05, 4.69) is 6.92 Å². The number of benzene rings is 2. The van der Waals surface area contributed by atoms with Crippen LogP contribution in [0.2, 0.25) is 10.0 Å². The summed E-state index contributed by atoms with van der Waals surface area (Å²) in [6.45, 7) is 6.79. The van der Waals surface area contributed by atoms with Gasteiger partial charge in [0.25, 0.3) is 0 Å². The number of amides is 1. The van der Waals surface area contributed by atoms with Crippen molar-refractivity contribution in [3.05, 3.63) is 57.1 Å². The zero-order valence-electron chi connectivity index (χ0n) is 19.9. The molecule has 0 aromatic heterocycles. The van der Waals surface area contributed by atoms with Crippen molar-refractivity contribution in [1.29, 1.82) is 0 Å². The van der Waals surface area contributed by atoms with Crippen LogP contribution in [-0.4, -0.2) is 43.3 Å². The molecule has 0 saturated carbocycles. The van der Waals surface area contributed by atoms with Crippen LogP contribution < -0.4 is 61.0 Å². The zero-order valence-corrected chi connectivity index (χ0v) is 24.3. The number of nitrogens with zero attached hydrogens (tertiary/aromatic N) is 1. The van der Waals surface area contributed by atoms with Crippen molar-refractivity contribution < 1.29 is 77.0 Å². The number of hydrogen-bond acceptors (Lipinski definition) is 4. The summed E-state index contributed by atoms with van der Waals surface area (Å²) in [5, 5.41) is 9.11. The van der Waals surface area contributed by atoms with Gasteiger partial charge in [-0.05, 0) is 43.5 Å². The predicted molar refractivity (Wildman–Crippen MR) is 126 cm³/mol. The van der Waals surface area contributed by atoms with Crippen LogP contribution in [0.3, 0.4) is 0 Å². The molecule has 0 saturated heterocycles. The SMILES string of the molecule is CCOCN(C(=O)CCl)c1c(C)cccc1CC.COc1c(Cl)ccc(Cl)c1C(=O)O.[H-].[K+]. The van der Waals surface area contributed by atoms with Crippen molar-refractivity contribution in [3.8, 4) is 5.75 Å². The minimum atomic E-state index is -1.16. The molecule has 0 bridgehead atoms. The maximum atomic E-state index is 12.0. The van der Waals surface area contributed by atoms with Crippen molar-refractivity contribution in [2.75, 3.05) is 31.2 Å². The summed E-state index contributed by atoms with van der Waals surface area (Å²) in [7, 11) is 1.34. The molecule has 0 aliphatic rings. The second-order valence-corrected chi connectivity index (χ2v) is 7.34. The summed E-state index contributed by atoms with van der Waals surface area (Å²) in [5.41, 5.74) is 3.01. The summed E-state index contributed by atoms with van der Waals surface area (Å²) in [5.74, 6) is -1.25. The standard InChI is InChI=1S/C14H20ClNO2.C8H6Cl2O3.K.H/c1-4-12-8-6-7-11(3)14(12)16(10-18-5-2)13(17)9-15;1-13-7-5(10)3-2-4(9)6(7)8(11)12;;/h6-8H,4-5,9-10H2,1-3H3;2-3H,1H3,(H,11,12);;/q;;+1;-1. The fraction of sp³-hybridized carbons (Fsp3) is 0.364. The normalized spacial score (nSPS) is 9.84. The Hall–Kier alpha value is -0.354. The third kappa shape index (κ3) is 8.78. The van der Waals surface area contributed by atoms with E-state index in [0.717, 1.165) is 23.2 Å². The van der Waals surface area contributed by atoms with Gasteiger partial charge in [0.15, 0.2) is 5.75 Å². The van der Waals surface area contributed by atoms with Crippen molar-refractivity contribution >= 4 is 52.4 Å². The van der Waals surface area contributed by atoms with Gasteiger partial charge in [-0.2, -0.15) is 0 Å². The van der Waals surface area contributed by atoms with E-state index in [-0.39, 0.29) is 92.7 Å². The molecule has 0 heterocycles. The minimum absolute atomic E-state index is 0. The number of carboxylic acids is 1. The van der Waals surface area contributed by atoms with Crippen LogP contribution in [-0.2, 0) is 16.0 Å². The minimum Gasteiger partial charge on any atom is -1.00 e. The van der Waals surface area contributed by atoms with E-state index in [1.54, 1.807) is 4.90 Å². The first kappa shape index (κ1) is 31.6. The van der Waals surface area contributed by atoms with E-state index >= 15 is 0 Å². The molecule has 32 heavy (non-hydrogen) atoms. The molecule has 0 fully saturated rings. The summed E-state index contributed by atoms with van der Waals surface area (Å²) < 4.78 is 10.2. The maximum Gasteiger partial charge on any atom is 1.00 e. The van der Waals surface area contributed by atoms with Gasteiger partial charge in [0, 0.05) is 6.61 Å². The Bertz CT molecular complexity index is 918. The molecule has 2 rings (SSSR count). The Morgan fingerprint density at radius 3 is 2.22 bits per heavy atom. The number of aryl methyl sites for hydroxylation is 2. The Balaban J connectivity index is 0. The molecule has 0 aliphatic carbocycles. The third-order valence-electron chi connectivity index (χ3n) is 4.29. The molecule has 0 atom stereocenters. The van der Waals surface area contributed by atoms with Gasteiger partial charge in [-0.25, -0.2) is 4.79 Å². The molecule has 0 aliphatic heterocycles. The molecular weight excluding hydrogens is 504 g/mol. The average molecular weight is 531 g/mol. The van der Waals surface area contributed by atoms with Crippen LogP contribution >= 0.6 is 34.8 Å². The smallest absolute Gasteiger partial charge is 1.00 e. The number of carbonyl (C=O) groups is 2. The van der Waals surface area contributed by atoms with Crippen LogP contribution in [0.4, 0.5) is 5.69 Å². The van der Waals surface area contributed by atoms with Crippen LogP contribution in [0, 0.1) is 6.92 Å². The molecule has 1 amide bonds. The number of ether oxygens (including phenoxy) is 2. The molecule has 6 nitrogen and oxygen atoms in total. The van der Waals surface area contributed by atoms with E-state index in [1.807, 2.05) is 32.0 Å². The molecule has 0 unspecified atom stereocenters. The fourth-order valence-corrected chi connectivity index (χ4v) is 3.45. The number of hydrogen-bond donors (Lipinski definition) is 1. The molecule has 2 aromatic carbocycles. The second-order valence-electron chi connectivity index (χ2n) is 6.26. The second kappa shape index (κ2) is 16.3. The maximum absolute atomic E-state index is 12.0. The van der Waals surface area contributed by atoms with Gasteiger partial charge in [0.1, 0.15) is 18.2 Å². The largest absolute Gasteiger partial charge is 1.00 e. The van der Waals surface area contributed by atoms with Gasteiger partial charge < -0.3 is 16.0 Å². The Morgan fingerprint density at radius 1 is 1.12 bits per heavy atom. The molecule has 2 aromatic rings. The van der Waals surface area contributed by atoms with E-state index in [9.17, 15) is 9.59 Å². The van der Waals surface area contributed by atoms with Crippen LogP contribution in [0.1, 0.15) is 36.8 Å². The van der Waals surface area contributed by atoms with E-state index in [4.69, 9.17) is 49.4 Å². The Kier molecular flexibility index (Phi) is 16.1. The van der Waals surface area contributed by atoms with Crippen LogP contribution in [0.5, 0.6) is 5.75 Å². The zero-order chi connectivity index (χ0) is 23.6. The first-order valence-corrected chi connectivity index (χ1v) is 10.8. The van der Waals surface area contributed by atoms with Crippen LogP contribution in [0.25, 0.3) is 0 Å². The van der Waals surface area contributed by atoms with Crippen molar-refractivity contribution in [2.24, 2.45) is 0 Å². The molecule has 1 N–H and O–H groups in total. The van der Waals surface area contributed by atoms with E-state index in [0.29, 0.717) is 6.61 Å². The molecule has 10 heteroatoms. The van der Waals surface area contributed by atoms with Gasteiger partial charge in [0.05, 0.1) is 22.8 Å². The number of methoxy groups -OCH3 is 1. The molecular formula is C22H27Cl3KNO5. The van der Waals surface area contributed by atoms with Crippen molar-refractivity contribution in [3.63, 3.8) is 0 Å². The number of anilines is 1. The number of carbonyl (C=O) groups excluding carboxylic acids is 1. The fourth-order valence-electron chi connectivity index (χ4n) is 2.84. The van der Waals surface area contributed by atoms with E-state index < -0.39 is 5.97 Å². The van der Waals surface area contributed by atoms with E-state index in [1.165, 1.54) is 19.2 Å². The molecule has 0 spiro atoms. The summed E-state index contributed by atoms with van der Waals surface area (Å²) in [4.78, 5) is 24.3. The number of halogens is 3. The van der Waals surface area contributed by atoms with Gasteiger partial charge >= 0.3 is 57.4 Å². The number of para-hydroxylation sites is 1. The van der Waals surface area contributed by atoms with Gasteiger partial charge in [-0.1, -0.05) is 48.3 Å². The quantitative estimate of drug-likeness (QED) is 0.323. The Labute approximate surface area is 248 Å². The number of alkyl halides is 1. The van der Waals surface area contributed by atoms with Gasteiger partial charge in [-0.15, -0.1) is 11.6 Å². The van der Waals surface area contributed by atoms with Gasteiger partial charge in [0.2, 0.25) is 5.91 Å². The first-order chi connectivity index (χ1) is 14.7. The molecule has 172 valence electrons. The van der Waals surface area contributed by atoms with Gasteiger partial charge in [-0.3, -0.25) is 9.69 Å². The van der Waals surface area contributed by atoms with Crippen LogP contribution in [0.15, 0.2) is 30.3 Å². The summed E-state index contributed by atoms with van der Waals surface area (Å²) in [6, 6.07) is 8.92. The third-order valence-corrected chi connectivity index (χ3v) is 5.13. The summed E-state index contributed by atoms with van der Waals surface area (Å²) >= 11 is 17.0. The first-order valence-electron chi connectivity index (χ1n) is 9.51.